The van der Waals surface area contributed by atoms with Crippen LogP contribution < -0.4 is 11.4 Å². The van der Waals surface area contributed by atoms with Crippen molar-refractivity contribution in [2.45, 2.75) is 0 Å². The summed E-state index contributed by atoms with van der Waals surface area (Å²) in [6, 6.07) is 6.38. The van der Waals surface area contributed by atoms with Crippen LogP contribution in [0.2, 0.25) is 10.0 Å². The number of nitrogens with two attached hydrogens (primary N) is 1. The third-order valence-corrected chi connectivity index (χ3v) is 3.16. The number of nitrogens with zero attached hydrogens (tertiary/aromatic N) is 1. The molecule has 1 aromatic carbocycles. The molecule has 0 aliphatic heterocycles. The number of benzene rings is 1. The van der Waals surface area contributed by atoms with E-state index in [0.29, 0.717) is 21.1 Å². The molecule has 0 atom stereocenters. The second-order valence-electron chi connectivity index (χ2n) is 3.83. The van der Waals surface area contributed by atoms with Gasteiger partial charge < -0.3 is 14.7 Å². The summed E-state index contributed by atoms with van der Waals surface area (Å²) in [6.45, 7) is 0. The van der Waals surface area contributed by atoms with Crippen molar-refractivity contribution in [3.63, 3.8) is 0 Å². The number of halogens is 2. The van der Waals surface area contributed by atoms with Crippen LogP contribution in [0.15, 0.2) is 38.0 Å². The molecule has 2 aromatic heterocycles. The van der Waals surface area contributed by atoms with Gasteiger partial charge in [0.15, 0.2) is 5.39 Å². The third kappa shape index (κ3) is 1.97. The minimum Gasteiger partial charge on any atom is -0.422 e. The average molecular weight is 297 g/mol. The second-order valence-corrected chi connectivity index (χ2v) is 4.67. The summed E-state index contributed by atoms with van der Waals surface area (Å²) in [4.78, 5) is 11.8. The summed E-state index contributed by atoms with van der Waals surface area (Å²) >= 11 is 11.9. The predicted molar refractivity (Wildman–Crippen MR) is 72.4 cm³/mol. The largest absolute Gasteiger partial charge is 0.422 e. The molecular formula is C12H6Cl2N2O3. The number of nitrogen functional groups attached to an aromatic ring is 1. The smallest absolute Gasteiger partial charge is 0.351 e. The Hall–Kier alpha value is -1.98. The van der Waals surface area contributed by atoms with Crippen molar-refractivity contribution in [1.82, 2.24) is 5.16 Å². The van der Waals surface area contributed by atoms with E-state index in [9.17, 15) is 4.79 Å². The van der Waals surface area contributed by atoms with E-state index in [1.165, 1.54) is 6.07 Å². The number of hydrogen-bond acceptors (Lipinski definition) is 5. The standard InChI is InChI=1S/C12H6Cl2N2O3/c13-5-1-2-6(7(14)3-5)9-4-8-10(12(17)18-9)11(15)19-16-8/h1-4H,15H2. The first-order valence-electron chi connectivity index (χ1n) is 5.20. The molecule has 5 nitrogen and oxygen atoms in total. The number of anilines is 1. The molecule has 0 saturated heterocycles. The summed E-state index contributed by atoms with van der Waals surface area (Å²) in [7, 11) is 0. The van der Waals surface area contributed by atoms with Crippen LogP contribution in [0.4, 0.5) is 5.88 Å². The molecule has 96 valence electrons. The third-order valence-electron chi connectivity index (χ3n) is 2.62. The zero-order valence-electron chi connectivity index (χ0n) is 9.31. The van der Waals surface area contributed by atoms with Gasteiger partial charge in [-0.1, -0.05) is 28.4 Å². The summed E-state index contributed by atoms with van der Waals surface area (Å²) < 4.78 is 9.92. The Morgan fingerprint density at radius 2 is 2.00 bits per heavy atom. The van der Waals surface area contributed by atoms with Crippen LogP contribution in [0.5, 0.6) is 0 Å². The zero-order valence-corrected chi connectivity index (χ0v) is 10.8. The summed E-state index contributed by atoms with van der Waals surface area (Å²) in [5.74, 6) is 0.199. The lowest BCUT2D eigenvalue weighted by Gasteiger charge is -2.03. The Balaban J connectivity index is 2.29. The van der Waals surface area contributed by atoms with Gasteiger partial charge in [0.25, 0.3) is 0 Å². The Labute approximate surface area is 116 Å². The van der Waals surface area contributed by atoms with E-state index in [0.717, 1.165) is 0 Å². The fraction of sp³-hybridized carbons (Fsp3) is 0. The molecule has 0 fully saturated rings. The van der Waals surface area contributed by atoms with Crippen molar-refractivity contribution in [3.05, 3.63) is 44.7 Å². The van der Waals surface area contributed by atoms with E-state index < -0.39 is 5.63 Å². The molecule has 0 spiro atoms. The zero-order chi connectivity index (χ0) is 13.6. The maximum Gasteiger partial charge on any atom is 0.351 e. The van der Waals surface area contributed by atoms with Gasteiger partial charge in [-0.3, -0.25) is 0 Å². The number of hydrogen-bond donors (Lipinski definition) is 1. The van der Waals surface area contributed by atoms with Crippen LogP contribution in [-0.2, 0) is 0 Å². The van der Waals surface area contributed by atoms with E-state index in [2.05, 4.69) is 5.16 Å². The Morgan fingerprint density at radius 1 is 1.21 bits per heavy atom. The fourth-order valence-corrected chi connectivity index (χ4v) is 2.25. The Morgan fingerprint density at radius 3 is 2.74 bits per heavy atom. The maximum absolute atomic E-state index is 11.8. The first-order chi connectivity index (χ1) is 9.06. The van der Waals surface area contributed by atoms with Crippen molar-refractivity contribution in [2.24, 2.45) is 0 Å². The number of aromatic nitrogens is 1. The first-order valence-corrected chi connectivity index (χ1v) is 5.96. The Bertz CT molecular complexity index is 839. The SMILES string of the molecule is Nc1onc2cc(-c3ccc(Cl)cc3Cl)oc(=O)c12. The van der Waals surface area contributed by atoms with Gasteiger partial charge in [0.1, 0.15) is 11.3 Å². The van der Waals surface area contributed by atoms with Gasteiger partial charge in [0.2, 0.25) is 5.88 Å². The lowest BCUT2D eigenvalue weighted by Crippen LogP contribution is -2.01. The molecule has 0 amide bonds. The first kappa shape index (κ1) is 12.1. The molecule has 0 radical (unpaired) electrons. The number of rotatable bonds is 1. The molecule has 0 bridgehead atoms. The highest BCUT2D eigenvalue weighted by atomic mass is 35.5. The fourth-order valence-electron chi connectivity index (χ4n) is 1.75. The summed E-state index contributed by atoms with van der Waals surface area (Å²) in [6.07, 6.45) is 0. The second kappa shape index (κ2) is 4.29. The van der Waals surface area contributed by atoms with Crippen LogP contribution in [-0.4, -0.2) is 5.16 Å². The van der Waals surface area contributed by atoms with Gasteiger partial charge >= 0.3 is 5.63 Å². The van der Waals surface area contributed by atoms with Gasteiger partial charge in [-0.15, -0.1) is 0 Å². The molecule has 19 heavy (non-hydrogen) atoms. The van der Waals surface area contributed by atoms with Crippen molar-refractivity contribution in [2.75, 3.05) is 5.73 Å². The minimum atomic E-state index is -0.628. The van der Waals surface area contributed by atoms with Gasteiger partial charge in [0, 0.05) is 16.7 Å². The summed E-state index contributed by atoms with van der Waals surface area (Å²) in [5.41, 5.74) is 5.70. The predicted octanol–water partition coefficient (Wildman–Crippen LogP) is 3.34. The van der Waals surface area contributed by atoms with Gasteiger partial charge in [0.05, 0.1) is 5.02 Å². The molecule has 7 heteroatoms. The molecule has 2 heterocycles. The van der Waals surface area contributed by atoms with E-state index in [1.54, 1.807) is 18.2 Å². The van der Waals surface area contributed by atoms with Crippen molar-refractivity contribution in [1.29, 1.82) is 0 Å². The highest BCUT2D eigenvalue weighted by Crippen LogP contribution is 2.31. The lowest BCUT2D eigenvalue weighted by atomic mass is 10.1. The van der Waals surface area contributed by atoms with Crippen LogP contribution in [0.1, 0.15) is 0 Å². The van der Waals surface area contributed by atoms with Gasteiger partial charge in [-0.2, -0.15) is 0 Å². The van der Waals surface area contributed by atoms with Gasteiger partial charge in [-0.25, -0.2) is 4.79 Å². The molecule has 3 rings (SSSR count). The monoisotopic (exact) mass is 296 g/mol. The summed E-state index contributed by atoms with van der Waals surface area (Å²) in [5, 5.41) is 4.66. The topological polar surface area (TPSA) is 82.3 Å². The quantitative estimate of drug-likeness (QED) is 0.745. The van der Waals surface area contributed by atoms with Crippen molar-refractivity contribution >= 4 is 40.0 Å². The average Bonchev–Trinajstić information content (AvgIpc) is 2.71. The number of fused-ring (bicyclic) bond motifs is 1. The van der Waals surface area contributed by atoms with Crippen molar-refractivity contribution in [3.8, 4) is 11.3 Å². The molecule has 0 saturated carbocycles. The van der Waals surface area contributed by atoms with E-state index in [1.807, 2.05) is 0 Å². The lowest BCUT2D eigenvalue weighted by molar-refractivity contribution is 0.445. The van der Waals surface area contributed by atoms with Crippen molar-refractivity contribution < 1.29 is 8.94 Å². The maximum atomic E-state index is 11.8. The van der Waals surface area contributed by atoms with E-state index in [-0.39, 0.29) is 17.0 Å². The van der Waals surface area contributed by atoms with E-state index >= 15 is 0 Å². The van der Waals surface area contributed by atoms with E-state index in [4.69, 9.17) is 37.9 Å². The molecule has 3 aromatic rings. The molecule has 0 aliphatic rings. The van der Waals surface area contributed by atoms with Crippen LogP contribution in [0.25, 0.3) is 22.2 Å². The molecule has 0 aliphatic carbocycles. The highest BCUT2D eigenvalue weighted by molar-refractivity contribution is 6.36. The Kier molecular flexibility index (Phi) is 2.73. The van der Waals surface area contributed by atoms with Crippen LogP contribution in [0, 0.1) is 0 Å². The highest BCUT2D eigenvalue weighted by Gasteiger charge is 2.15. The normalized spacial score (nSPS) is 11.1. The molecule has 2 N–H and O–H groups in total. The van der Waals surface area contributed by atoms with Crippen LogP contribution >= 0.6 is 23.2 Å². The minimum absolute atomic E-state index is 0.0718. The van der Waals surface area contributed by atoms with Gasteiger partial charge in [-0.05, 0) is 18.2 Å². The molecular weight excluding hydrogens is 291 g/mol. The van der Waals surface area contributed by atoms with Crippen LogP contribution in [0.3, 0.4) is 0 Å². The molecule has 0 unspecified atom stereocenters.